The van der Waals surface area contributed by atoms with Gasteiger partial charge in [-0.15, -0.1) is 0 Å². The summed E-state index contributed by atoms with van der Waals surface area (Å²) in [4.78, 5) is 9.19. The van der Waals surface area contributed by atoms with Gasteiger partial charge in [0, 0.05) is 35.7 Å². The first-order valence-corrected chi connectivity index (χ1v) is 9.93. The lowest BCUT2D eigenvalue weighted by atomic mass is 9.92. The molecule has 0 amide bonds. The molecule has 0 saturated heterocycles. The molecule has 7 nitrogen and oxygen atoms in total. The minimum atomic E-state index is 0.0712. The van der Waals surface area contributed by atoms with E-state index in [2.05, 4.69) is 52.8 Å². The van der Waals surface area contributed by atoms with E-state index in [0.717, 1.165) is 35.5 Å². The lowest BCUT2D eigenvalue weighted by Crippen LogP contribution is -2.29. The maximum atomic E-state index is 9.12. The SMILES string of the molecule is Cc1cnc(Nc2ccc3c(c2)C(CC#N)NCC3)nc1-c1cnn(C(C)C)c1. The Kier molecular flexibility index (Phi) is 5.28. The molecule has 2 aromatic heterocycles. The number of hydrogen-bond donors (Lipinski definition) is 2. The van der Waals surface area contributed by atoms with E-state index in [1.165, 1.54) is 11.1 Å². The van der Waals surface area contributed by atoms with Gasteiger partial charge in [0.25, 0.3) is 0 Å². The molecule has 3 aromatic rings. The zero-order valence-corrected chi connectivity index (χ0v) is 17.0. The van der Waals surface area contributed by atoms with Gasteiger partial charge in [-0.1, -0.05) is 6.07 Å². The quantitative estimate of drug-likeness (QED) is 0.686. The fourth-order valence-corrected chi connectivity index (χ4v) is 3.66. The summed E-state index contributed by atoms with van der Waals surface area (Å²) in [6.45, 7) is 7.10. The third kappa shape index (κ3) is 3.98. The van der Waals surface area contributed by atoms with Gasteiger partial charge in [0.05, 0.1) is 24.4 Å². The molecule has 1 atom stereocenters. The van der Waals surface area contributed by atoms with Gasteiger partial charge in [0.15, 0.2) is 0 Å². The zero-order chi connectivity index (χ0) is 20.4. The average Bonchev–Trinajstić information content (AvgIpc) is 3.20. The molecule has 0 saturated carbocycles. The Bertz CT molecular complexity index is 1060. The van der Waals surface area contributed by atoms with Gasteiger partial charge in [-0.25, -0.2) is 9.97 Å². The molecule has 0 aliphatic carbocycles. The summed E-state index contributed by atoms with van der Waals surface area (Å²) >= 11 is 0. The number of nitrogens with zero attached hydrogens (tertiary/aromatic N) is 5. The van der Waals surface area contributed by atoms with Crippen LogP contribution in [0.5, 0.6) is 0 Å². The van der Waals surface area contributed by atoms with Crippen molar-refractivity contribution in [2.24, 2.45) is 0 Å². The molecular weight excluding hydrogens is 362 g/mol. The smallest absolute Gasteiger partial charge is 0.227 e. The third-order valence-electron chi connectivity index (χ3n) is 5.23. The van der Waals surface area contributed by atoms with Crippen molar-refractivity contribution in [2.75, 3.05) is 11.9 Å². The molecule has 3 heterocycles. The molecule has 7 heteroatoms. The number of nitrogens with one attached hydrogen (secondary N) is 2. The molecule has 0 bridgehead atoms. The second-order valence-corrected chi connectivity index (χ2v) is 7.69. The lowest BCUT2D eigenvalue weighted by molar-refractivity contribution is 0.513. The number of fused-ring (bicyclic) bond motifs is 1. The van der Waals surface area contributed by atoms with E-state index in [-0.39, 0.29) is 6.04 Å². The maximum absolute atomic E-state index is 9.12. The van der Waals surface area contributed by atoms with Crippen molar-refractivity contribution in [3.8, 4) is 17.3 Å². The molecule has 2 N–H and O–H groups in total. The fraction of sp³-hybridized carbons (Fsp3) is 0.364. The predicted octanol–water partition coefficient (Wildman–Crippen LogP) is 4.07. The van der Waals surface area contributed by atoms with Crippen LogP contribution in [0.15, 0.2) is 36.8 Å². The van der Waals surface area contributed by atoms with Crippen LogP contribution in [-0.2, 0) is 6.42 Å². The zero-order valence-electron chi connectivity index (χ0n) is 17.0. The van der Waals surface area contributed by atoms with E-state index < -0.39 is 0 Å². The molecule has 0 fully saturated rings. The monoisotopic (exact) mass is 387 g/mol. The fourth-order valence-electron chi connectivity index (χ4n) is 3.66. The standard InChI is InChI=1S/C22H25N7/c1-14(2)29-13-17(12-26-29)21-15(3)11-25-22(28-21)27-18-5-4-16-7-9-24-20(6-8-23)19(16)10-18/h4-5,10-14,20,24H,6-7,9H2,1-3H3,(H,25,27,28). The van der Waals surface area contributed by atoms with Crippen LogP contribution in [0.25, 0.3) is 11.3 Å². The van der Waals surface area contributed by atoms with Gasteiger partial charge in [0.1, 0.15) is 0 Å². The van der Waals surface area contributed by atoms with Gasteiger partial charge in [-0.2, -0.15) is 10.4 Å². The van der Waals surface area contributed by atoms with Crippen molar-refractivity contribution in [3.63, 3.8) is 0 Å². The second-order valence-electron chi connectivity index (χ2n) is 7.69. The summed E-state index contributed by atoms with van der Waals surface area (Å²) in [5, 5.41) is 20.3. The van der Waals surface area contributed by atoms with Gasteiger partial charge < -0.3 is 10.6 Å². The molecule has 1 unspecified atom stereocenters. The van der Waals surface area contributed by atoms with Crippen LogP contribution in [0, 0.1) is 18.3 Å². The van der Waals surface area contributed by atoms with Crippen molar-refractivity contribution >= 4 is 11.6 Å². The second kappa shape index (κ2) is 8.02. The highest BCUT2D eigenvalue weighted by Crippen LogP contribution is 2.29. The Labute approximate surface area is 170 Å². The number of nitriles is 1. The maximum Gasteiger partial charge on any atom is 0.227 e. The van der Waals surface area contributed by atoms with Gasteiger partial charge in [-0.3, -0.25) is 4.68 Å². The van der Waals surface area contributed by atoms with E-state index in [1.807, 2.05) is 36.3 Å². The number of benzene rings is 1. The topological polar surface area (TPSA) is 91.4 Å². The van der Waals surface area contributed by atoms with E-state index in [9.17, 15) is 0 Å². The van der Waals surface area contributed by atoms with Crippen LogP contribution >= 0.6 is 0 Å². The molecule has 29 heavy (non-hydrogen) atoms. The highest BCUT2D eigenvalue weighted by atomic mass is 15.3. The molecule has 4 rings (SSSR count). The summed E-state index contributed by atoms with van der Waals surface area (Å²) in [6, 6.07) is 8.92. The summed E-state index contributed by atoms with van der Waals surface area (Å²) < 4.78 is 1.93. The normalized spacial score (nSPS) is 15.8. The molecular formula is C22H25N7. The van der Waals surface area contributed by atoms with Crippen LogP contribution in [0.1, 0.15) is 49.0 Å². The molecule has 1 aliphatic rings. The van der Waals surface area contributed by atoms with Crippen LogP contribution in [0.3, 0.4) is 0 Å². The third-order valence-corrected chi connectivity index (χ3v) is 5.23. The largest absolute Gasteiger partial charge is 0.324 e. The number of aromatic nitrogens is 4. The Morgan fingerprint density at radius 2 is 2.21 bits per heavy atom. The van der Waals surface area contributed by atoms with E-state index >= 15 is 0 Å². The first kappa shape index (κ1) is 19.1. The highest BCUT2D eigenvalue weighted by Gasteiger charge is 2.20. The minimum Gasteiger partial charge on any atom is -0.324 e. The number of hydrogen-bond acceptors (Lipinski definition) is 6. The van der Waals surface area contributed by atoms with Crippen molar-refractivity contribution in [1.29, 1.82) is 5.26 Å². The highest BCUT2D eigenvalue weighted by molar-refractivity contribution is 5.64. The summed E-state index contributed by atoms with van der Waals surface area (Å²) in [6.07, 6.45) is 7.12. The van der Waals surface area contributed by atoms with Gasteiger partial charge >= 0.3 is 0 Å². The first-order chi connectivity index (χ1) is 14.0. The van der Waals surface area contributed by atoms with Crippen LogP contribution in [-0.4, -0.2) is 26.3 Å². The summed E-state index contributed by atoms with van der Waals surface area (Å²) in [5.74, 6) is 0.545. The Balaban J connectivity index is 1.62. The van der Waals surface area contributed by atoms with Crippen LogP contribution < -0.4 is 10.6 Å². The number of aryl methyl sites for hydroxylation is 1. The first-order valence-electron chi connectivity index (χ1n) is 9.93. The van der Waals surface area contributed by atoms with Crippen molar-refractivity contribution in [2.45, 2.75) is 45.7 Å². The summed E-state index contributed by atoms with van der Waals surface area (Å²) in [7, 11) is 0. The van der Waals surface area contributed by atoms with Crippen LogP contribution in [0.4, 0.5) is 11.6 Å². The van der Waals surface area contributed by atoms with Gasteiger partial charge in [-0.05, 0) is 62.6 Å². The van der Waals surface area contributed by atoms with Crippen molar-refractivity contribution in [1.82, 2.24) is 25.1 Å². The average molecular weight is 387 g/mol. The Morgan fingerprint density at radius 3 is 2.97 bits per heavy atom. The number of anilines is 2. The Hall–Kier alpha value is -3.24. The summed E-state index contributed by atoms with van der Waals surface area (Å²) in [5.41, 5.74) is 6.24. The predicted molar refractivity (Wildman–Crippen MR) is 113 cm³/mol. The van der Waals surface area contributed by atoms with Crippen molar-refractivity contribution < 1.29 is 0 Å². The van der Waals surface area contributed by atoms with E-state index in [4.69, 9.17) is 10.2 Å². The van der Waals surface area contributed by atoms with Crippen molar-refractivity contribution in [3.05, 3.63) is 53.5 Å². The number of rotatable bonds is 5. The molecule has 1 aromatic carbocycles. The van der Waals surface area contributed by atoms with E-state index in [1.54, 1.807) is 0 Å². The van der Waals surface area contributed by atoms with E-state index in [0.29, 0.717) is 18.4 Å². The Morgan fingerprint density at radius 1 is 1.34 bits per heavy atom. The van der Waals surface area contributed by atoms with Crippen LogP contribution in [0.2, 0.25) is 0 Å². The lowest BCUT2D eigenvalue weighted by Gasteiger charge is -2.26. The van der Waals surface area contributed by atoms with Gasteiger partial charge in [0.2, 0.25) is 5.95 Å². The molecule has 0 radical (unpaired) electrons. The minimum absolute atomic E-state index is 0.0712. The molecule has 148 valence electrons. The molecule has 0 spiro atoms. The molecule has 1 aliphatic heterocycles.